The van der Waals surface area contributed by atoms with Gasteiger partial charge >= 0.3 is 5.97 Å². The minimum Gasteiger partial charge on any atom is -0.479 e. The smallest absolute Gasteiger partial charge is 0.332 e. The number of hydrogen-bond donors (Lipinski definition) is 3. The number of ether oxygens (including phenoxy) is 1. The number of amides is 1. The molecule has 116 valence electrons. The summed E-state index contributed by atoms with van der Waals surface area (Å²) in [7, 11) is 0. The van der Waals surface area contributed by atoms with Crippen LogP contribution in [0.2, 0.25) is 0 Å². The molecule has 0 bridgehead atoms. The Hall–Kier alpha value is -1.14. The van der Waals surface area contributed by atoms with E-state index in [1.807, 2.05) is 0 Å². The highest BCUT2D eigenvalue weighted by Crippen LogP contribution is 2.20. The van der Waals surface area contributed by atoms with Gasteiger partial charge < -0.3 is 20.3 Å². The second kappa shape index (κ2) is 7.04. The molecule has 3 N–H and O–H groups in total. The van der Waals surface area contributed by atoms with Crippen molar-refractivity contribution in [2.75, 3.05) is 6.54 Å². The molecule has 1 heterocycles. The molecule has 6 nitrogen and oxygen atoms in total. The number of carboxylic acid groups (broad SMARTS) is 1. The van der Waals surface area contributed by atoms with Crippen LogP contribution in [0.5, 0.6) is 0 Å². The van der Waals surface area contributed by atoms with E-state index in [0.29, 0.717) is 25.2 Å². The molecule has 0 saturated carbocycles. The van der Waals surface area contributed by atoms with Crippen molar-refractivity contribution in [3.05, 3.63) is 0 Å². The van der Waals surface area contributed by atoms with Crippen LogP contribution in [0.25, 0.3) is 0 Å². The van der Waals surface area contributed by atoms with Gasteiger partial charge in [0.2, 0.25) is 5.91 Å². The van der Waals surface area contributed by atoms with Crippen molar-refractivity contribution in [1.82, 2.24) is 5.32 Å². The summed E-state index contributed by atoms with van der Waals surface area (Å²) in [5, 5.41) is 21.6. The zero-order valence-corrected chi connectivity index (χ0v) is 12.4. The van der Waals surface area contributed by atoms with Gasteiger partial charge in [0.15, 0.2) is 6.10 Å². The fraction of sp³-hybridized carbons (Fsp3) is 0.857. The summed E-state index contributed by atoms with van der Waals surface area (Å²) in [6, 6.07) is 0. The van der Waals surface area contributed by atoms with Gasteiger partial charge in [0.05, 0.1) is 5.60 Å². The first-order valence-electron chi connectivity index (χ1n) is 7.09. The van der Waals surface area contributed by atoms with Crippen molar-refractivity contribution in [1.29, 1.82) is 0 Å². The predicted octanol–water partition coefficient (Wildman–Crippen LogP) is 0.922. The number of carboxylic acids is 1. The van der Waals surface area contributed by atoms with E-state index in [-0.39, 0.29) is 12.5 Å². The van der Waals surface area contributed by atoms with Crippen LogP contribution < -0.4 is 5.32 Å². The van der Waals surface area contributed by atoms with Crippen molar-refractivity contribution in [3.63, 3.8) is 0 Å². The van der Waals surface area contributed by atoms with Gasteiger partial charge in [-0.05, 0) is 38.5 Å². The molecular weight excluding hydrogens is 262 g/mol. The number of aliphatic carboxylic acids is 1. The minimum atomic E-state index is -1.04. The highest BCUT2D eigenvalue weighted by Gasteiger charge is 2.35. The molecule has 6 heteroatoms. The van der Waals surface area contributed by atoms with Crippen molar-refractivity contribution >= 4 is 11.9 Å². The largest absolute Gasteiger partial charge is 0.479 e. The zero-order chi connectivity index (χ0) is 15.3. The van der Waals surface area contributed by atoms with Crippen LogP contribution in [-0.4, -0.2) is 46.4 Å². The Balaban J connectivity index is 2.34. The Bertz CT molecular complexity index is 353. The Kier molecular flexibility index (Phi) is 5.95. The average Bonchev–Trinajstić information content (AvgIpc) is 2.83. The van der Waals surface area contributed by atoms with E-state index in [1.165, 1.54) is 0 Å². The van der Waals surface area contributed by atoms with Gasteiger partial charge in [-0.15, -0.1) is 0 Å². The number of rotatable bonds is 7. The number of carbonyl (C=O) groups excluding carboxylic acids is 1. The maximum Gasteiger partial charge on any atom is 0.332 e. The number of aliphatic hydroxyl groups is 1. The average molecular weight is 287 g/mol. The fourth-order valence-corrected chi connectivity index (χ4v) is 2.09. The van der Waals surface area contributed by atoms with Crippen LogP contribution in [0, 0.1) is 5.92 Å². The third-order valence-corrected chi connectivity index (χ3v) is 3.49. The zero-order valence-electron chi connectivity index (χ0n) is 12.4. The van der Waals surface area contributed by atoms with Crippen molar-refractivity contribution in [3.8, 4) is 0 Å². The molecule has 20 heavy (non-hydrogen) atoms. The molecule has 0 aromatic heterocycles. The summed E-state index contributed by atoms with van der Waals surface area (Å²) < 4.78 is 5.15. The van der Waals surface area contributed by atoms with E-state index < -0.39 is 23.8 Å². The van der Waals surface area contributed by atoms with E-state index >= 15 is 0 Å². The molecule has 0 aromatic carbocycles. The molecule has 1 saturated heterocycles. The standard InChI is InChI=1S/C14H25NO5/c1-9(2)6-7-14(3,19)8-15-12(16)10-4-5-11(20-10)13(17)18/h9-11,19H,4-8H2,1-3H3,(H,15,16)(H,17,18)/t10-,11+,14?/m0/s1. The van der Waals surface area contributed by atoms with E-state index in [4.69, 9.17) is 9.84 Å². The monoisotopic (exact) mass is 287 g/mol. The molecule has 3 atom stereocenters. The van der Waals surface area contributed by atoms with Crippen LogP contribution in [0.1, 0.15) is 46.5 Å². The van der Waals surface area contributed by atoms with Gasteiger partial charge in [-0.3, -0.25) is 4.79 Å². The van der Waals surface area contributed by atoms with E-state index in [2.05, 4.69) is 19.2 Å². The summed E-state index contributed by atoms with van der Waals surface area (Å²) in [6.07, 6.45) is 0.607. The minimum absolute atomic E-state index is 0.149. The lowest BCUT2D eigenvalue weighted by molar-refractivity contribution is -0.152. The lowest BCUT2D eigenvalue weighted by Gasteiger charge is -2.25. The maximum atomic E-state index is 11.9. The van der Waals surface area contributed by atoms with Gasteiger partial charge in [0.25, 0.3) is 0 Å². The first-order valence-corrected chi connectivity index (χ1v) is 7.09. The Labute approximate surface area is 119 Å². The van der Waals surface area contributed by atoms with Crippen molar-refractivity contribution in [2.45, 2.75) is 64.3 Å². The van der Waals surface area contributed by atoms with Crippen LogP contribution in [-0.2, 0) is 14.3 Å². The molecule has 1 fully saturated rings. The Morgan fingerprint density at radius 1 is 1.35 bits per heavy atom. The summed E-state index contributed by atoms with van der Waals surface area (Å²) in [4.78, 5) is 22.6. The number of nitrogens with one attached hydrogen (secondary N) is 1. The third-order valence-electron chi connectivity index (χ3n) is 3.49. The molecule has 0 radical (unpaired) electrons. The summed E-state index contributed by atoms with van der Waals surface area (Å²) in [5.74, 6) is -0.894. The Morgan fingerprint density at radius 3 is 2.45 bits per heavy atom. The highest BCUT2D eigenvalue weighted by molar-refractivity contribution is 5.82. The quantitative estimate of drug-likeness (QED) is 0.647. The van der Waals surface area contributed by atoms with Gasteiger partial charge in [0.1, 0.15) is 6.10 Å². The molecular formula is C14H25NO5. The highest BCUT2D eigenvalue weighted by atomic mass is 16.5. The molecule has 1 unspecified atom stereocenters. The number of hydrogen-bond acceptors (Lipinski definition) is 4. The van der Waals surface area contributed by atoms with Crippen LogP contribution in [0.3, 0.4) is 0 Å². The molecule has 0 aliphatic carbocycles. The number of carbonyl (C=O) groups is 2. The van der Waals surface area contributed by atoms with Crippen molar-refractivity contribution < 1.29 is 24.5 Å². The molecule has 1 rings (SSSR count). The van der Waals surface area contributed by atoms with Gasteiger partial charge in [-0.1, -0.05) is 13.8 Å². The van der Waals surface area contributed by atoms with Gasteiger partial charge in [-0.2, -0.15) is 0 Å². The summed E-state index contributed by atoms with van der Waals surface area (Å²) in [5.41, 5.74) is -0.954. The second-order valence-corrected chi connectivity index (χ2v) is 6.18. The van der Waals surface area contributed by atoms with Crippen molar-refractivity contribution in [2.24, 2.45) is 5.92 Å². The third kappa shape index (κ3) is 5.46. The normalized spacial score (nSPS) is 25.4. The fourth-order valence-electron chi connectivity index (χ4n) is 2.09. The van der Waals surface area contributed by atoms with E-state index in [0.717, 1.165) is 6.42 Å². The summed E-state index contributed by atoms with van der Waals surface area (Å²) >= 11 is 0. The van der Waals surface area contributed by atoms with Gasteiger partial charge in [-0.25, -0.2) is 4.79 Å². The van der Waals surface area contributed by atoms with Crippen LogP contribution in [0.4, 0.5) is 0 Å². The Morgan fingerprint density at radius 2 is 1.95 bits per heavy atom. The second-order valence-electron chi connectivity index (χ2n) is 6.18. The van der Waals surface area contributed by atoms with E-state index in [9.17, 15) is 14.7 Å². The first kappa shape index (κ1) is 16.9. The van der Waals surface area contributed by atoms with E-state index in [1.54, 1.807) is 6.92 Å². The first-order chi connectivity index (χ1) is 9.21. The van der Waals surface area contributed by atoms with Crippen LogP contribution in [0.15, 0.2) is 0 Å². The molecule has 0 spiro atoms. The molecule has 1 amide bonds. The molecule has 1 aliphatic heterocycles. The predicted molar refractivity (Wildman–Crippen MR) is 73.2 cm³/mol. The molecule has 1 aliphatic rings. The topological polar surface area (TPSA) is 95.9 Å². The maximum absolute atomic E-state index is 11.9. The molecule has 0 aromatic rings. The lowest BCUT2D eigenvalue weighted by atomic mass is 9.95. The SMILES string of the molecule is CC(C)CCC(C)(O)CNC(=O)[C@@H]1CC[C@H](C(=O)O)O1. The lowest BCUT2D eigenvalue weighted by Crippen LogP contribution is -2.44. The summed E-state index contributed by atoms with van der Waals surface area (Å²) in [6.45, 7) is 5.99. The van der Waals surface area contributed by atoms with Crippen LogP contribution >= 0.6 is 0 Å². The van der Waals surface area contributed by atoms with Gasteiger partial charge in [0, 0.05) is 6.54 Å².